The van der Waals surface area contributed by atoms with Crippen molar-refractivity contribution < 1.29 is 17.0 Å². The van der Waals surface area contributed by atoms with Crippen LogP contribution in [0.5, 0.6) is 0 Å². The number of nitrogens with one attached hydrogen (secondary N) is 2. The Labute approximate surface area is 243 Å². The van der Waals surface area contributed by atoms with Gasteiger partial charge in [0, 0.05) is 11.0 Å². The number of rotatable bonds is 2. The number of hydrogen-bond acceptors (Lipinski definition) is 0. The van der Waals surface area contributed by atoms with Crippen LogP contribution in [0.2, 0.25) is 0 Å². The van der Waals surface area contributed by atoms with Crippen LogP contribution in [-0.2, 0) is 17.0 Å². The molecule has 0 unspecified atom stereocenters. The fraction of sp³-hybridized carbons (Fsp3) is 0. The van der Waals surface area contributed by atoms with Crippen LogP contribution in [0, 0.1) is 0 Å². The molecule has 0 fully saturated rings. The van der Waals surface area contributed by atoms with Gasteiger partial charge in [0.1, 0.15) is 0 Å². The first-order chi connectivity index (χ1) is 19.2. The van der Waals surface area contributed by atoms with Gasteiger partial charge in [-0.3, -0.25) is 0 Å². The molecule has 8 aromatic rings. The van der Waals surface area contributed by atoms with Gasteiger partial charge in [-0.2, -0.15) is 0 Å². The SMILES string of the molecule is [Cl][Ti][Cl].c1ccc2[cH-]c(-c3cc4ccccc4[nH]3)cc2c1.c1ccc2[cH-]c(-c3cc4ccccc4[nH]3)cc2c1. The van der Waals surface area contributed by atoms with Gasteiger partial charge in [0.05, 0.1) is 0 Å². The third-order valence-electron chi connectivity index (χ3n) is 6.92. The fourth-order valence-corrected chi connectivity index (χ4v) is 5.07. The molecule has 0 saturated carbocycles. The van der Waals surface area contributed by atoms with Crippen LogP contribution in [0.4, 0.5) is 0 Å². The monoisotopic (exact) mass is 578 g/mol. The summed E-state index contributed by atoms with van der Waals surface area (Å²) in [5.74, 6) is 0. The molecule has 0 amide bonds. The Kier molecular flexibility index (Phi) is 7.72. The third kappa shape index (κ3) is 5.61. The van der Waals surface area contributed by atoms with Gasteiger partial charge in [-0.25, -0.2) is 0 Å². The van der Waals surface area contributed by atoms with E-state index in [1.165, 1.54) is 65.9 Å². The minimum absolute atomic E-state index is 0.556. The average Bonchev–Trinajstić information content (AvgIpc) is 3.76. The summed E-state index contributed by atoms with van der Waals surface area (Å²) in [6, 6.07) is 47.1. The molecule has 2 N–H and O–H groups in total. The molecule has 6 aromatic carbocycles. The van der Waals surface area contributed by atoms with Crippen molar-refractivity contribution in [3.63, 3.8) is 0 Å². The summed E-state index contributed by atoms with van der Waals surface area (Å²) in [6.45, 7) is 0. The molecular weight excluding hydrogens is 555 g/mol. The van der Waals surface area contributed by atoms with E-state index in [0.717, 1.165) is 0 Å². The maximum atomic E-state index is 4.89. The molecule has 190 valence electrons. The van der Waals surface area contributed by atoms with Gasteiger partial charge in [0.25, 0.3) is 0 Å². The van der Waals surface area contributed by atoms with E-state index >= 15 is 0 Å². The van der Waals surface area contributed by atoms with Crippen molar-refractivity contribution >= 4 is 62.0 Å². The van der Waals surface area contributed by atoms with Crippen molar-refractivity contribution in [2.24, 2.45) is 0 Å². The van der Waals surface area contributed by atoms with E-state index in [1.54, 1.807) is 0 Å². The van der Waals surface area contributed by atoms with Crippen LogP contribution in [0.1, 0.15) is 0 Å². The molecule has 0 aliphatic rings. The van der Waals surface area contributed by atoms with Crippen molar-refractivity contribution in [2.75, 3.05) is 0 Å². The predicted octanol–water partition coefficient (Wildman–Crippen LogP) is 10.8. The van der Waals surface area contributed by atoms with E-state index in [1.807, 2.05) is 0 Å². The molecule has 2 nitrogen and oxygen atoms in total. The van der Waals surface area contributed by atoms with Crippen molar-refractivity contribution in [2.45, 2.75) is 0 Å². The molecule has 0 saturated heterocycles. The fourth-order valence-electron chi connectivity index (χ4n) is 5.07. The molecular formula is C34H24Cl2N2Ti-2. The van der Waals surface area contributed by atoms with Gasteiger partial charge in [0.15, 0.2) is 0 Å². The first kappa shape index (κ1) is 25.7. The second-order valence-corrected chi connectivity index (χ2v) is 11.9. The number of hydrogen-bond donors (Lipinski definition) is 2. The molecule has 0 aliphatic carbocycles. The number of fused-ring (bicyclic) bond motifs is 4. The molecule has 0 bridgehead atoms. The number of halogens is 2. The largest absolute Gasteiger partial charge is 0.386 e. The summed E-state index contributed by atoms with van der Waals surface area (Å²) in [5.41, 5.74) is 7.27. The number of benzene rings is 4. The van der Waals surface area contributed by atoms with E-state index in [4.69, 9.17) is 18.6 Å². The van der Waals surface area contributed by atoms with Crippen molar-refractivity contribution in [3.8, 4) is 22.5 Å². The smallest absolute Gasteiger partial charge is 0.0385 e. The summed E-state index contributed by atoms with van der Waals surface area (Å²) in [5, 5.41) is 7.71. The molecule has 0 spiro atoms. The first-order valence-corrected chi connectivity index (χ1v) is 16.9. The van der Waals surface area contributed by atoms with Crippen LogP contribution in [0.3, 0.4) is 0 Å². The third-order valence-corrected chi connectivity index (χ3v) is 6.92. The minimum Gasteiger partial charge on any atom is -0.386 e. The van der Waals surface area contributed by atoms with Crippen LogP contribution in [0.25, 0.3) is 65.9 Å². The van der Waals surface area contributed by atoms with Crippen molar-refractivity contribution in [3.05, 3.63) is 133 Å². The topological polar surface area (TPSA) is 31.6 Å². The first-order valence-electron chi connectivity index (χ1n) is 12.7. The standard InChI is InChI=1S/2C17H12N.2ClH.Ti/c2*1-2-6-13-10-15(9-12(13)5-1)17-11-14-7-3-4-8-16(14)18-17;;;/h2*1-11,18H;2*1H;/q2*-1;;;+2/p-2. The van der Waals surface area contributed by atoms with E-state index in [0.29, 0.717) is 0 Å². The maximum Gasteiger partial charge on any atom is 0.0385 e. The molecule has 5 heteroatoms. The molecule has 0 atom stereocenters. The Morgan fingerprint density at radius 2 is 0.821 bits per heavy atom. The van der Waals surface area contributed by atoms with Gasteiger partial charge in [-0.1, -0.05) is 84.9 Å². The van der Waals surface area contributed by atoms with Gasteiger partial charge in [0.2, 0.25) is 0 Å². The predicted molar refractivity (Wildman–Crippen MR) is 165 cm³/mol. The second kappa shape index (κ2) is 11.7. The van der Waals surface area contributed by atoms with Crippen molar-refractivity contribution in [1.29, 1.82) is 0 Å². The Balaban J connectivity index is 0.000000129. The van der Waals surface area contributed by atoms with E-state index < -0.39 is 17.0 Å². The molecule has 2 heterocycles. The zero-order valence-corrected chi connectivity index (χ0v) is 24.0. The zero-order valence-electron chi connectivity index (χ0n) is 21.0. The molecule has 0 radical (unpaired) electrons. The van der Waals surface area contributed by atoms with Crippen LogP contribution in [0.15, 0.2) is 133 Å². The Hall–Kier alpha value is -3.53. The summed E-state index contributed by atoms with van der Waals surface area (Å²) < 4.78 is 0. The summed E-state index contributed by atoms with van der Waals surface area (Å²) in [7, 11) is 9.78. The molecule has 8 rings (SSSR count). The average molecular weight is 579 g/mol. The molecule has 39 heavy (non-hydrogen) atoms. The number of H-pyrrole nitrogens is 2. The van der Waals surface area contributed by atoms with Crippen molar-refractivity contribution in [1.82, 2.24) is 9.97 Å². The summed E-state index contributed by atoms with van der Waals surface area (Å²) >= 11 is -0.556. The van der Waals surface area contributed by atoms with Gasteiger partial charge < -0.3 is 9.97 Å². The zero-order chi connectivity index (χ0) is 26.6. The van der Waals surface area contributed by atoms with Crippen LogP contribution in [-0.4, -0.2) is 9.97 Å². The number of aromatic nitrogens is 2. The Morgan fingerprint density at radius 3 is 1.21 bits per heavy atom. The Bertz CT molecular complexity index is 1570. The van der Waals surface area contributed by atoms with Gasteiger partial charge in [-0.05, 0) is 34.3 Å². The number of aromatic amines is 2. The van der Waals surface area contributed by atoms with E-state index in [-0.39, 0.29) is 0 Å². The quantitative estimate of drug-likeness (QED) is 0.151. The summed E-state index contributed by atoms with van der Waals surface area (Å²) in [6.07, 6.45) is 0. The second-order valence-electron chi connectivity index (χ2n) is 9.36. The Morgan fingerprint density at radius 1 is 0.462 bits per heavy atom. The van der Waals surface area contributed by atoms with Gasteiger partial charge >= 0.3 is 35.6 Å². The minimum atomic E-state index is -0.556. The maximum absolute atomic E-state index is 4.89. The van der Waals surface area contributed by atoms with Crippen LogP contribution >= 0.6 is 18.6 Å². The van der Waals surface area contributed by atoms with Crippen LogP contribution < -0.4 is 0 Å². The normalized spacial score (nSPS) is 10.8. The number of para-hydroxylation sites is 2. The van der Waals surface area contributed by atoms with E-state index in [2.05, 4.69) is 143 Å². The summed E-state index contributed by atoms with van der Waals surface area (Å²) in [4.78, 5) is 6.95. The molecule has 0 aliphatic heterocycles. The van der Waals surface area contributed by atoms with E-state index in [9.17, 15) is 0 Å². The molecule has 2 aromatic heterocycles. The van der Waals surface area contributed by atoms with Gasteiger partial charge in [-0.15, -0.1) is 69.1 Å².